The SMILES string of the molecule is C[NH+](CC(=O)NCc1ccccc1Cl)CC(=O)Nc1ccc(N2CCOCC2)cc1. The molecule has 1 aliphatic heterocycles. The molecule has 2 aromatic rings. The Morgan fingerprint density at radius 2 is 1.70 bits per heavy atom. The van der Waals surface area contributed by atoms with Crippen molar-refractivity contribution in [3.8, 4) is 0 Å². The van der Waals surface area contributed by atoms with Crippen LogP contribution in [0.1, 0.15) is 5.56 Å². The molecule has 7 nitrogen and oxygen atoms in total. The van der Waals surface area contributed by atoms with Gasteiger partial charge in [-0.05, 0) is 35.9 Å². The predicted molar refractivity (Wildman–Crippen MR) is 118 cm³/mol. The van der Waals surface area contributed by atoms with Crippen LogP contribution in [-0.2, 0) is 20.9 Å². The number of morpholine rings is 1. The molecule has 1 atom stereocenters. The summed E-state index contributed by atoms with van der Waals surface area (Å²) in [5.41, 5.74) is 2.73. The predicted octanol–water partition coefficient (Wildman–Crippen LogP) is 0.946. The summed E-state index contributed by atoms with van der Waals surface area (Å²) in [6.45, 7) is 3.99. The number of ether oxygens (including phenoxy) is 1. The highest BCUT2D eigenvalue weighted by molar-refractivity contribution is 6.31. The number of nitrogens with zero attached hydrogens (tertiary/aromatic N) is 1. The number of nitrogens with one attached hydrogen (secondary N) is 3. The lowest BCUT2D eigenvalue weighted by molar-refractivity contribution is -0.862. The van der Waals surface area contributed by atoms with Crippen LogP contribution in [0.15, 0.2) is 48.5 Å². The number of quaternary nitrogens is 1. The Hall–Kier alpha value is -2.61. The van der Waals surface area contributed by atoms with Crippen molar-refractivity contribution < 1.29 is 19.2 Å². The number of carbonyl (C=O) groups is 2. The number of anilines is 2. The van der Waals surface area contributed by atoms with Crippen molar-refractivity contribution in [2.45, 2.75) is 6.54 Å². The van der Waals surface area contributed by atoms with E-state index in [0.717, 1.165) is 48.1 Å². The van der Waals surface area contributed by atoms with Crippen LogP contribution < -0.4 is 20.4 Å². The molecule has 3 N–H and O–H groups in total. The normalized spacial score (nSPS) is 14.8. The van der Waals surface area contributed by atoms with Crippen molar-refractivity contribution in [3.63, 3.8) is 0 Å². The smallest absolute Gasteiger partial charge is 0.279 e. The molecule has 1 aliphatic rings. The third kappa shape index (κ3) is 6.73. The monoisotopic (exact) mass is 431 g/mol. The molecule has 30 heavy (non-hydrogen) atoms. The molecule has 2 amide bonds. The van der Waals surface area contributed by atoms with Crippen molar-refractivity contribution in [1.82, 2.24) is 5.32 Å². The van der Waals surface area contributed by atoms with E-state index in [4.69, 9.17) is 16.3 Å². The van der Waals surface area contributed by atoms with Gasteiger partial charge in [-0.2, -0.15) is 0 Å². The molecular formula is C22H28ClN4O3+. The number of hydrogen-bond donors (Lipinski definition) is 3. The van der Waals surface area contributed by atoms with E-state index in [0.29, 0.717) is 11.6 Å². The van der Waals surface area contributed by atoms with Gasteiger partial charge in [-0.1, -0.05) is 29.8 Å². The Labute approximate surface area is 181 Å². The van der Waals surface area contributed by atoms with Gasteiger partial charge in [0.15, 0.2) is 13.1 Å². The third-order valence-electron chi connectivity index (χ3n) is 4.89. The Morgan fingerprint density at radius 1 is 1.03 bits per heavy atom. The minimum atomic E-state index is -0.134. The van der Waals surface area contributed by atoms with Gasteiger partial charge >= 0.3 is 0 Å². The fourth-order valence-corrected chi connectivity index (χ4v) is 3.49. The minimum Gasteiger partial charge on any atom is -0.378 e. The zero-order valence-corrected chi connectivity index (χ0v) is 17.9. The number of rotatable bonds is 8. The van der Waals surface area contributed by atoms with E-state index >= 15 is 0 Å². The highest BCUT2D eigenvalue weighted by atomic mass is 35.5. The van der Waals surface area contributed by atoms with Gasteiger partial charge in [0, 0.05) is 36.0 Å². The zero-order chi connectivity index (χ0) is 21.3. The molecule has 160 valence electrons. The Balaban J connectivity index is 1.40. The van der Waals surface area contributed by atoms with E-state index in [1.54, 1.807) is 6.07 Å². The molecule has 2 aromatic carbocycles. The van der Waals surface area contributed by atoms with Crippen LogP contribution in [0.5, 0.6) is 0 Å². The quantitative estimate of drug-likeness (QED) is 0.581. The summed E-state index contributed by atoms with van der Waals surface area (Å²) in [7, 11) is 1.82. The molecule has 0 aromatic heterocycles. The number of halogens is 1. The Morgan fingerprint density at radius 3 is 2.40 bits per heavy atom. The second-order valence-electron chi connectivity index (χ2n) is 7.37. The Bertz CT molecular complexity index is 854. The maximum atomic E-state index is 12.3. The van der Waals surface area contributed by atoms with E-state index in [1.807, 2.05) is 49.5 Å². The van der Waals surface area contributed by atoms with Crippen molar-refractivity contribution >= 4 is 34.8 Å². The van der Waals surface area contributed by atoms with Crippen molar-refractivity contribution in [1.29, 1.82) is 0 Å². The van der Waals surface area contributed by atoms with Gasteiger partial charge in [0.2, 0.25) is 0 Å². The molecule has 1 heterocycles. The molecule has 0 saturated carbocycles. The number of benzene rings is 2. The van der Waals surface area contributed by atoms with E-state index < -0.39 is 0 Å². The standard InChI is InChI=1S/C22H27ClN4O3/c1-26(15-21(28)24-14-17-4-2-3-5-20(17)23)16-22(29)25-18-6-8-19(9-7-18)27-10-12-30-13-11-27/h2-9H,10-16H2,1H3,(H,24,28)(H,25,29)/p+1. The second-order valence-corrected chi connectivity index (χ2v) is 7.78. The summed E-state index contributed by atoms with van der Waals surface area (Å²) in [6, 6.07) is 15.2. The van der Waals surface area contributed by atoms with E-state index in [1.165, 1.54) is 0 Å². The first-order valence-electron chi connectivity index (χ1n) is 10.1. The van der Waals surface area contributed by atoms with Gasteiger partial charge in [0.25, 0.3) is 11.8 Å². The molecule has 0 spiro atoms. The number of amides is 2. The molecule has 0 aliphatic carbocycles. The minimum absolute atomic E-state index is 0.130. The maximum absolute atomic E-state index is 12.3. The summed E-state index contributed by atoms with van der Waals surface area (Å²) < 4.78 is 5.37. The summed E-state index contributed by atoms with van der Waals surface area (Å²) in [6.07, 6.45) is 0. The van der Waals surface area contributed by atoms with Crippen LogP contribution >= 0.6 is 11.6 Å². The van der Waals surface area contributed by atoms with E-state index in [-0.39, 0.29) is 24.9 Å². The molecule has 1 fully saturated rings. The summed E-state index contributed by atoms with van der Waals surface area (Å²) >= 11 is 6.10. The molecule has 0 radical (unpaired) electrons. The molecular weight excluding hydrogens is 404 g/mol. The van der Waals surface area contributed by atoms with Gasteiger partial charge < -0.3 is 25.2 Å². The van der Waals surface area contributed by atoms with Gasteiger partial charge in [0.05, 0.1) is 20.3 Å². The first-order valence-corrected chi connectivity index (χ1v) is 10.4. The van der Waals surface area contributed by atoms with Crippen LogP contribution in [-0.4, -0.2) is 58.3 Å². The fourth-order valence-electron chi connectivity index (χ4n) is 3.29. The second kappa shape index (κ2) is 11.0. The lowest BCUT2D eigenvalue weighted by Gasteiger charge is -2.28. The highest BCUT2D eigenvalue weighted by Crippen LogP contribution is 2.19. The van der Waals surface area contributed by atoms with Gasteiger partial charge in [-0.25, -0.2) is 0 Å². The summed E-state index contributed by atoms with van der Waals surface area (Å²) in [5.74, 6) is -0.263. The molecule has 1 unspecified atom stereocenters. The van der Waals surface area contributed by atoms with Gasteiger partial charge in [-0.15, -0.1) is 0 Å². The lowest BCUT2D eigenvalue weighted by atomic mass is 10.2. The van der Waals surface area contributed by atoms with E-state index in [2.05, 4.69) is 15.5 Å². The first-order chi connectivity index (χ1) is 14.5. The topological polar surface area (TPSA) is 75.1 Å². The fraction of sp³-hybridized carbons (Fsp3) is 0.364. The van der Waals surface area contributed by atoms with Crippen LogP contribution in [0, 0.1) is 0 Å². The zero-order valence-electron chi connectivity index (χ0n) is 17.1. The lowest BCUT2D eigenvalue weighted by Crippen LogP contribution is -3.11. The number of carbonyl (C=O) groups excluding carboxylic acids is 2. The largest absolute Gasteiger partial charge is 0.378 e. The molecule has 8 heteroatoms. The van der Waals surface area contributed by atoms with Crippen LogP contribution in [0.4, 0.5) is 11.4 Å². The molecule has 3 rings (SSSR count). The maximum Gasteiger partial charge on any atom is 0.279 e. The number of likely N-dealkylation sites (N-methyl/N-ethyl adjacent to an activating group) is 1. The average Bonchev–Trinajstić information content (AvgIpc) is 2.74. The van der Waals surface area contributed by atoms with Crippen LogP contribution in [0.25, 0.3) is 0 Å². The van der Waals surface area contributed by atoms with Crippen LogP contribution in [0.3, 0.4) is 0 Å². The average molecular weight is 432 g/mol. The van der Waals surface area contributed by atoms with Crippen LogP contribution in [0.2, 0.25) is 5.02 Å². The summed E-state index contributed by atoms with van der Waals surface area (Å²) in [5, 5.41) is 6.35. The van der Waals surface area contributed by atoms with Crippen molar-refractivity contribution in [2.24, 2.45) is 0 Å². The summed E-state index contributed by atoms with van der Waals surface area (Å²) in [4.78, 5) is 27.5. The van der Waals surface area contributed by atoms with E-state index in [9.17, 15) is 9.59 Å². The molecule has 1 saturated heterocycles. The Kier molecular flexibility index (Phi) is 8.07. The van der Waals surface area contributed by atoms with Gasteiger partial charge in [0.1, 0.15) is 0 Å². The van der Waals surface area contributed by atoms with Gasteiger partial charge in [-0.3, -0.25) is 9.59 Å². The first kappa shape index (κ1) is 22.1. The molecule has 0 bridgehead atoms. The number of hydrogen-bond acceptors (Lipinski definition) is 4. The van der Waals surface area contributed by atoms with Crippen molar-refractivity contribution in [3.05, 3.63) is 59.1 Å². The highest BCUT2D eigenvalue weighted by Gasteiger charge is 2.15. The van der Waals surface area contributed by atoms with Crippen molar-refractivity contribution in [2.75, 3.05) is 56.7 Å². The third-order valence-corrected chi connectivity index (χ3v) is 5.25.